The SMILES string of the molecule is COC(=O)[C@@H]1C=c2ncc(Cl)cc2=N1. The van der Waals surface area contributed by atoms with E-state index < -0.39 is 6.04 Å². The van der Waals surface area contributed by atoms with Crippen molar-refractivity contribution >= 4 is 23.6 Å². The zero-order valence-corrected chi connectivity index (χ0v) is 8.15. The molecule has 0 aromatic carbocycles. The monoisotopic (exact) mass is 210 g/mol. The molecule has 72 valence electrons. The van der Waals surface area contributed by atoms with Crippen molar-refractivity contribution in [1.29, 1.82) is 0 Å². The van der Waals surface area contributed by atoms with E-state index in [1.54, 1.807) is 12.1 Å². The highest BCUT2D eigenvalue weighted by molar-refractivity contribution is 6.30. The van der Waals surface area contributed by atoms with Gasteiger partial charge in [-0.2, -0.15) is 0 Å². The molecule has 1 aromatic rings. The number of carbonyl (C=O) groups excluding carboxylic acids is 1. The molecule has 0 saturated carbocycles. The zero-order chi connectivity index (χ0) is 10.1. The fraction of sp³-hybridized carbons (Fsp3) is 0.222. The van der Waals surface area contributed by atoms with E-state index in [9.17, 15) is 4.79 Å². The third-order valence-corrected chi connectivity index (χ3v) is 2.11. The lowest BCUT2D eigenvalue weighted by atomic mass is 10.3. The minimum atomic E-state index is -0.582. The van der Waals surface area contributed by atoms with Crippen LogP contribution in [0.3, 0.4) is 0 Å². The Balaban J connectivity index is 2.48. The predicted octanol–water partition coefficient (Wildman–Crippen LogP) is -0.310. The molecule has 5 heteroatoms. The van der Waals surface area contributed by atoms with Crippen LogP contribution in [-0.2, 0) is 9.53 Å². The molecular weight excluding hydrogens is 204 g/mol. The number of nitrogens with zero attached hydrogens (tertiary/aromatic N) is 2. The molecule has 1 atom stereocenters. The number of methoxy groups -OCH3 is 1. The van der Waals surface area contributed by atoms with E-state index in [1.165, 1.54) is 13.3 Å². The van der Waals surface area contributed by atoms with Crippen molar-refractivity contribution in [2.24, 2.45) is 4.99 Å². The van der Waals surface area contributed by atoms with Crippen LogP contribution in [0.4, 0.5) is 0 Å². The molecule has 0 spiro atoms. The van der Waals surface area contributed by atoms with E-state index >= 15 is 0 Å². The summed E-state index contributed by atoms with van der Waals surface area (Å²) in [6.07, 6.45) is 3.17. The van der Waals surface area contributed by atoms with Gasteiger partial charge in [-0.15, -0.1) is 0 Å². The van der Waals surface area contributed by atoms with Gasteiger partial charge in [0.1, 0.15) is 0 Å². The number of hydrogen-bond donors (Lipinski definition) is 0. The number of ether oxygens (including phenoxy) is 1. The van der Waals surface area contributed by atoms with Gasteiger partial charge >= 0.3 is 5.97 Å². The van der Waals surface area contributed by atoms with Crippen molar-refractivity contribution in [1.82, 2.24) is 4.98 Å². The summed E-state index contributed by atoms with van der Waals surface area (Å²) in [5, 5.41) is 1.81. The second-order valence-electron chi connectivity index (χ2n) is 2.82. The number of hydrogen-bond acceptors (Lipinski definition) is 4. The Morgan fingerprint density at radius 1 is 1.64 bits per heavy atom. The molecule has 0 aliphatic carbocycles. The molecule has 4 nitrogen and oxygen atoms in total. The van der Waals surface area contributed by atoms with Gasteiger partial charge in [-0.3, -0.25) is 9.98 Å². The van der Waals surface area contributed by atoms with Crippen LogP contribution in [0, 0.1) is 0 Å². The standard InChI is InChI=1S/C9H7ClN2O2/c1-14-9(13)8-3-6-7(12-8)2-5(10)4-11-6/h2-4,8H,1H3/t8-/m0/s1. The summed E-state index contributed by atoms with van der Waals surface area (Å²) in [6.45, 7) is 0. The highest BCUT2D eigenvalue weighted by Gasteiger charge is 2.18. The van der Waals surface area contributed by atoms with E-state index in [-0.39, 0.29) is 5.97 Å². The molecule has 0 unspecified atom stereocenters. The van der Waals surface area contributed by atoms with E-state index in [1.807, 2.05) is 0 Å². The fourth-order valence-corrected chi connectivity index (χ4v) is 1.40. The number of carbonyl (C=O) groups is 1. The van der Waals surface area contributed by atoms with Gasteiger partial charge in [0.25, 0.3) is 0 Å². The number of aromatic nitrogens is 1. The molecule has 1 aliphatic rings. The normalized spacial score (nSPS) is 18.0. The molecule has 14 heavy (non-hydrogen) atoms. The topological polar surface area (TPSA) is 51.5 Å². The molecule has 2 rings (SSSR count). The first-order valence-electron chi connectivity index (χ1n) is 4.00. The van der Waals surface area contributed by atoms with Gasteiger partial charge in [-0.05, 0) is 12.1 Å². The Labute approximate surface area is 84.9 Å². The van der Waals surface area contributed by atoms with Crippen molar-refractivity contribution in [3.05, 3.63) is 28.0 Å². The maximum atomic E-state index is 11.2. The predicted molar refractivity (Wildman–Crippen MR) is 50.3 cm³/mol. The molecule has 1 aromatic heterocycles. The largest absolute Gasteiger partial charge is 0.467 e. The molecule has 1 aliphatic heterocycles. The van der Waals surface area contributed by atoms with E-state index in [0.29, 0.717) is 15.7 Å². The maximum absolute atomic E-state index is 11.2. The fourth-order valence-electron chi connectivity index (χ4n) is 1.25. The van der Waals surface area contributed by atoms with Crippen LogP contribution in [0.5, 0.6) is 0 Å². The van der Waals surface area contributed by atoms with E-state index in [4.69, 9.17) is 11.6 Å². The first-order valence-corrected chi connectivity index (χ1v) is 4.37. The van der Waals surface area contributed by atoms with E-state index in [0.717, 1.165) is 0 Å². The van der Waals surface area contributed by atoms with Gasteiger partial charge in [0, 0.05) is 6.20 Å². The summed E-state index contributed by atoms with van der Waals surface area (Å²) in [5.41, 5.74) is 0. The Morgan fingerprint density at radius 2 is 2.43 bits per heavy atom. The second kappa shape index (κ2) is 3.38. The maximum Gasteiger partial charge on any atom is 0.334 e. The summed E-state index contributed by atoms with van der Waals surface area (Å²) >= 11 is 5.73. The van der Waals surface area contributed by atoms with Gasteiger partial charge in [0.05, 0.1) is 22.8 Å². The number of rotatable bonds is 1. The minimum absolute atomic E-state index is 0.390. The van der Waals surface area contributed by atoms with Crippen LogP contribution in [-0.4, -0.2) is 24.1 Å². The highest BCUT2D eigenvalue weighted by atomic mass is 35.5. The number of esters is 1. The molecule has 0 N–H and O–H groups in total. The van der Waals surface area contributed by atoms with Gasteiger partial charge in [-0.1, -0.05) is 11.6 Å². The van der Waals surface area contributed by atoms with Crippen molar-refractivity contribution in [2.75, 3.05) is 7.11 Å². The lowest BCUT2D eigenvalue weighted by Crippen LogP contribution is -2.24. The number of halogens is 1. The third-order valence-electron chi connectivity index (χ3n) is 1.90. The van der Waals surface area contributed by atoms with Gasteiger partial charge in [0.2, 0.25) is 0 Å². The highest BCUT2D eigenvalue weighted by Crippen LogP contribution is 2.02. The summed E-state index contributed by atoms with van der Waals surface area (Å²) in [7, 11) is 1.33. The van der Waals surface area contributed by atoms with Crippen LogP contribution < -0.4 is 10.7 Å². The molecular formula is C9H7ClN2O2. The first-order chi connectivity index (χ1) is 6.70. The van der Waals surface area contributed by atoms with Gasteiger partial charge in [-0.25, -0.2) is 4.79 Å². The van der Waals surface area contributed by atoms with Crippen molar-refractivity contribution in [3.63, 3.8) is 0 Å². The van der Waals surface area contributed by atoms with Crippen LogP contribution in [0.25, 0.3) is 6.08 Å². The number of fused-ring (bicyclic) bond motifs is 1. The summed E-state index contributed by atoms with van der Waals surface area (Å²) < 4.78 is 4.57. The second-order valence-corrected chi connectivity index (χ2v) is 3.26. The molecule has 0 amide bonds. The Kier molecular flexibility index (Phi) is 2.21. The lowest BCUT2D eigenvalue weighted by molar-refractivity contribution is -0.140. The van der Waals surface area contributed by atoms with Gasteiger partial charge < -0.3 is 4.74 Å². The van der Waals surface area contributed by atoms with Crippen LogP contribution >= 0.6 is 11.6 Å². The molecule has 0 fully saturated rings. The number of pyridine rings is 1. The molecule has 0 bridgehead atoms. The van der Waals surface area contributed by atoms with Crippen LogP contribution in [0.2, 0.25) is 5.02 Å². The summed E-state index contributed by atoms with van der Waals surface area (Å²) in [6, 6.07) is 1.09. The Morgan fingerprint density at radius 3 is 3.14 bits per heavy atom. The summed E-state index contributed by atoms with van der Waals surface area (Å²) in [4.78, 5) is 19.3. The molecule has 2 heterocycles. The zero-order valence-electron chi connectivity index (χ0n) is 7.40. The first kappa shape index (κ1) is 9.15. The van der Waals surface area contributed by atoms with Crippen molar-refractivity contribution < 1.29 is 9.53 Å². The molecule has 0 saturated heterocycles. The van der Waals surface area contributed by atoms with E-state index in [2.05, 4.69) is 14.7 Å². The molecule has 0 radical (unpaired) electrons. The minimum Gasteiger partial charge on any atom is -0.467 e. The smallest absolute Gasteiger partial charge is 0.334 e. The van der Waals surface area contributed by atoms with Crippen LogP contribution in [0.15, 0.2) is 17.3 Å². The average Bonchev–Trinajstić information content (AvgIpc) is 2.59. The quantitative estimate of drug-likeness (QED) is 0.598. The Hall–Kier alpha value is -1.42. The van der Waals surface area contributed by atoms with Gasteiger partial charge in [0.15, 0.2) is 6.04 Å². The van der Waals surface area contributed by atoms with Crippen LogP contribution in [0.1, 0.15) is 0 Å². The summed E-state index contributed by atoms with van der Waals surface area (Å²) in [5.74, 6) is -0.390. The van der Waals surface area contributed by atoms with Crippen molar-refractivity contribution in [2.45, 2.75) is 6.04 Å². The van der Waals surface area contributed by atoms with Crippen molar-refractivity contribution in [3.8, 4) is 0 Å². The Bertz CT molecular complexity index is 498. The lowest BCUT2D eigenvalue weighted by Gasteiger charge is -1.99. The average molecular weight is 211 g/mol. The third kappa shape index (κ3) is 1.48.